The summed E-state index contributed by atoms with van der Waals surface area (Å²) in [5.41, 5.74) is 5.42. The summed E-state index contributed by atoms with van der Waals surface area (Å²) in [4.78, 5) is 0.206. The van der Waals surface area contributed by atoms with Crippen LogP contribution in [0.25, 0.3) is 0 Å². The highest BCUT2D eigenvalue weighted by Gasteiger charge is 2.24. The molecular formula is C11H18N2O3S. The van der Waals surface area contributed by atoms with Crippen molar-refractivity contribution in [2.45, 2.75) is 37.6 Å². The van der Waals surface area contributed by atoms with Gasteiger partial charge in [-0.2, -0.15) is 0 Å². The highest BCUT2D eigenvalue weighted by atomic mass is 32.2. The van der Waals surface area contributed by atoms with Crippen molar-refractivity contribution in [2.75, 3.05) is 6.54 Å². The van der Waals surface area contributed by atoms with Crippen LogP contribution in [0.3, 0.4) is 0 Å². The highest BCUT2D eigenvalue weighted by molar-refractivity contribution is 7.89. The Hall–Kier alpha value is -0.850. The molecule has 1 aromatic rings. The zero-order valence-corrected chi connectivity index (χ0v) is 10.7. The SMILES string of the molecule is Cc1oc(CN)cc1S(=O)(=O)NCC1CCC1. The molecule has 5 nitrogen and oxygen atoms in total. The van der Waals surface area contributed by atoms with Crippen molar-refractivity contribution in [1.29, 1.82) is 0 Å². The first-order valence-electron chi connectivity index (χ1n) is 5.82. The summed E-state index contributed by atoms with van der Waals surface area (Å²) in [6.45, 7) is 2.36. The van der Waals surface area contributed by atoms with E-state index >= 15 is 0 Å². The van der Waals surface area contributed by atoms with Gasteiger partial charge in [0.05, 0.1) is 6.54 Å². The lowest BCUT2D eigenvalue weighted by atomic mass is 9.86. The average molecular weight is 258 g/mol. The van der Waals surface area contributed by atoms with E-state index in [1.807, 2.05) is 0 Å². The Morgan fingerprint density at radius 2 is 2.24 bits per heavy atom. The topological polar surface area (TPSA) is 85.3 Å². The third-order valence-electron chi connectivity index (χ3n) is 3.20. The van der Waals surface area contributed by atoms with Crippen molar-refractivity contribution in [2.24, 2.45) is 11.7 Å². The lowest BCUT2D eigenvalue weighted by molar-refractivity contribution is 0.316. The maximum Gasteiger partial charge on any atom is 0.244 e. The molecule has 0 aliphatic heterocycles. The Morgan fingerprint density at radius 3 is 2.71 bits per heavy atom. The Labute approximate surface area is 101 Å². The fourth-order valence-electron chi connectivity index (χ4n) is 1.89. The fourth-order valence-corrected chi connectivity index (χ4v) is 3.21. The number of aryl methyl sites for hydroxylation is 1. The number of hydrogen-bond acceptors (Lipinski definition) is 4. The van der Waals surface area contributed by atoms with E-state index in [9.17, 15) is 8.42 Å². The first-order valence-corrected chi connectivity index (χ1v) is 7.30. The van der Waals surface area contributed by atoms with E-state index in [4.69, 9.17) is 10.2 Å². The van der Waals surface area contributed by atoms with Crippen LogP contribution in [0.2, 0.25) is 0 Å². The van der Waals surface area contributed by atoms with Gasteiger partial charge in [0.25, 0.3) is 0 Å². The number of furan rings is 1. The summed E-state index contributed by atoms with van der Waals surface area (Å²) in [7, 11) is -3.45. The van der Waals surface area contributed by atoms with Crippen molar-refractivity contribution in [3.05, 3.63) is 17.6 Å². The molecule has 0 bridgehead atoms. The van der Waals surface area contributed by atoms with E-state index in [2.05, 4.69) is 4.72 Å². The summed E-state index contributed by atoms with van der Waals surface area (Å²) < 4.78 is 31.9. The largest absolute Gasteiger partial charge is 0.464 e. The van der Waals surface area contributed by atoms with Crippen LogP contribution in [0.15, 0.2) is 15.4 Å². The van der Waals surface area contributed by atoms with Crippen molar-refractivity contribution < 1.29 is 12.8 Å². The summed E-state index contributed by atoms with van der Waals surface area (Å²) in [6, 6.07) is 1.50. The minimum Gasteiger partial charge on any atom is -0.464 e. The molecule has 1 aromatic heterocycles. The molecule has 1 fully saturated rings. The normalized spacial score (nSPS) is 17.1. The quantitative estimate of drug-likeness (QED) is 0.829. The number of hydrogen-bond donors (Lipinski definition) is 2. The molecule has 0 radical (unpaired) electrons. The molecular weight excluding hydrogens is 240 g/mol. The van der Waals surface area contributed by atoms with Crippen molar-refractivity contribution in [1.82, 2.24) is 4.72 Å². The predicted octanol–water partition coefficient (Wildman–Crippen LogP) is 1.13. The molecule has 1 aliphatic carbocycles. The minimum atomic E-state index is -3.45. The number of nitrogens with two attached hydrogens (primary N) is 1. The number of nitrogens with one attached hydrogen (secondary N) is 1. The van der Waals surface area contributed by atoms with E-state index in [-0.39, 0.29) is 11.4 Å². The number of sulfonamides is 1. The van der Waals surface area contributed by atoms with Gasteiger partial charge in [0.1, 0.15) is 16.4 Å². The molecule has 1 saturated carbocycles. The Morgan fingerprint density at radius 1 is 1.53 bits per heavy atom. The highest BCUT2D eigenvalue weighted by Crippen LogP contribution is 2.26. The van der Waals surface area contributed by atoms with Crippen LogP contribution in [0, 0.1) is 12.8 Å². The van der Waals surface area contributed by atoms with Crippen LogP contribution >= 0.6 is 0 Å². The van der Waals surface area contributed by atoms with Gasteiger partial charge in [-0.05, 0) is 25.7 Å². The molecule has 1 aliphatic rings. The van der Waals surface area contributed by atoms with Gasteiger partial charge in [-0.15, -0.1) is 0 Å². The monoisotopic (exact) mass is 258 g/mol. The summed E-state index contributed by atoms with van der Waals surface area (Å²) in [5.74, 6) is 1.38. The average Bonchev–Trinajstić information content (AvgIpc) is 2.58. The third-order valence-corrected chi connectivity index (χ3v) is 4.73. The standard InChI is InChI=1S/C11H18N2O3S/c1-8-11(5-10(6-12)16-8)17(14,15)13-7-9-3-2-4-9/h5,9,13H,2-4,6-7,12H2,1H3. The van der Waals surface area contributed by atoms with Gasteiger partial charge in [-0.3, -0.25) is 0 Å². The van der Waals surface area contributed by atoms with Gasteiger partial charge in [0.15, 0.2) is 0 Å². The zero-order chi connectivity index (χ0) is 12.5. The van der Waals surface area contributed by atoms with E-state index in [0.717, 1.165) is 12.8 Å². The van der Waals surface area contributed by atoms with Crippen LogP contribution in [-0.4, -0.2) is 15.0 Å². The van der Waals surface area contributed by atoms with Crippen LogP contribution in [0.5, 0.6) is 0 Å². The van der Waals surface area contributed by atoms with Crippen LogP contribution in [-0.2, 0) is 16.6 Å². The lowest BCUT2D eigenvalue weighted by Crippen LogP contribution is -2.32. The summed E-state index contributed by atoms with van der Waals surface area (Å²) in [6.07, 6.45) is 3.43. The van der Waals surface area contributed by atoms with Gasteiger partial charge < -0.3 is 10.2 Å². The molecule has 0 amide bonds. The van der Waals surface area contributed by atoms with Gasteiger partial charge >= 0.3 is 0 Å². The van der Waals surface area contributed by atoms with Gasteiger partial charge in [-0.25, -0.2) is 13.1 Å². The van der Waals surface area contributed by atoms with Gasteiger partial charge in [0.2, 0.25) is 10.0 Å². The predicted molar refractivity (Wildman–Crippen MR) is 63.9 cm³/mol. The molecule has 0 atom stereocenters. The summed E-state index contributed by atoms with van der Waals surface area (Å²) in [5, 5.41) is 0. The molecule has 0 saturated heterocycles. The van der Waals surface area contributed by atoms with Gasteiger partial charge in [0, 0.05) is 12.6 Å². The van der Waals surface area contributed by atoms with E-state index in [1.165, 1.54) is 12.5 Å². The second kappa shape index (κ2) is 4.80. The van der Waals surface area contributed by atoms with Crippen LogP contribution < -0.4 is 10.5 Å². The second-order valence-corrected chi connectivity index (χ2v) is 6.22. The maximum absolute atomic E-state index is 12.0. The Kier molecular flexibility index (Phi) is 3.56. The van der Waals surface area contributed by atoms with E-state index < -0.39 is 10.0 Å². The fraction of sp³-hybridized carbons (Fsp3) is 0.636. The number of rotatable bonds is 5. The zero-order valence-electron chi connectivity index (χ0n) is 9.90. The molecule has 3 N–H and O–H groups in total. The van der Waals surface area contributed by atoms with Crippen LogP contribution in [0.1, 0.15) is 30.8 Å². The van der Waals surface area contributed by atoms with Gasteiger partial charge in [-0.1, -0.05) is 6.42 Å². The molecule has 0 aromatic carbocycles. The first kappa shape index (κ1) is 12.6. The van der Waals surface area contributed by atoms with E-state index in [0.29, 0.717) is 24.0 Å². The first-order chi connectivity index (χ1) is 8.03. The van der Waals surface area contributed by atoms with Crippen LogP contribution in [0.4, 0.5) is 0 Å². The summed E-state index contributed by atoms with van der Waals surface area (Å²) >= 11 is 0. The van der Waals surface area contributed by atoms with Crippen molar-refractivity contribution in [3.8, 4) is 0 Å². The smallest absolute Gasteiger partial charge is 0.244 e. The lowest BCUT2D eigenvalue weighted by Gasteiger charge is -2.25. The molecule has 2 rings (SSSR count). The second-order valence-electron chi connectivity index (χ2n) is 4.49. The molecule has 17 heavy (non-hydrogen) atoms. The van der Waals surface area contributed by atoms with Crippen molar-refractivity contribution >= 4 is 10.0 Å². The molecule has 96 valence electrons. The molecule has 0 unspecified atom stereocenters. The Balaban J connectivity index is 2.09. The minimum absolute atomic E-state index is 0.206. The van der Waals surface area contributed by atoms with E-state index in [1.54, 1.807) is 6.92 Å². The molecule has 6 heteroatoms. The third kappa shape index (κ3) is 2.70. The molecule has 0 spiro atoms. The Bertz CT molecular complexity index is 489. The maximum atomic E-state index is 12.0. The molecule has 1 heterocycles. The van der Waals surface area contributed by atoms with Crippen molar-refractivity contribution in [3.63, 3.8) is 0 Å².